The van der Waals surface area contributed by atoms with E-state index in [1.54, 1.807) is 0 Å². The molecule has 2 N–H and O–H groups in total. The fourth-order valence-electron chi connectivity index (χ4n) is 2.74. The van der Waals surface area contributed by atoms with Crippen LogP contribution in [0.4, 0.5) is 0 Å². The van der Waals surface area contributed by atoms with Gasteiger partial charge in [-0.2, -0.15) is 0 Å². The Morgan fingerprint density at radius 3 is 1.79 bits per heavy atom. The van der Waals surface area contributed by atoms with E-state index in [0.29, 0.717) is 26.4 Å². The van der Waals surface area contributed by atoms with E-state index in [-0.39, 0.29) is 12.5 Å². The van der Waals surface area contributed by atoms with Gasteiger partial charge in [-0.15, -0.1) is 0 Å². The van der Waals surface area contributed by atoms with Gasteiger partial charge in [-0.1, -0.05) is 71.1 Å². The highest BCUT2D eigenvalue weighted by Crippen LogP contribution is 2.11. The van der Waals surface area contributed by atoms with Gasteiger partial charge >= 0.3 is 5.97 Å². The number of unbranched alkanes of at least 4 members (excludes halogenated alkanes) is 10. The fraction of sp³-hybridized carbons (Fsp3) is 0.905. The van der Waals surface area contributed by atoms with Crippen molar-refractivity contribution in [3.8, 4) is 0 Å². The Labute approximate surface area is 170 Å². The highest BCUT2D eigenvalue weighted by Gasteiger charge is 2.02. The Kier molecular flexibility index (Phi) is 21.2. The largest absolute Gasteiger partial charge is 0.480 e. The van der Waals surface area contributed by atoms with Gasteiger partial charge in [0.15, 0.2) is 0 Å². The van der Waals surface area contributed by atoms with Crippen molar-refractivity contribution in [3.63, 3.8) is 0 Å². The van der Waals surface area contributed by atoms with Gasteiger partial charge in [0.25, 0.3) is 0 Å². The number of aliphatic carboxylic acids is 1. The van der Waals surface area contributed by atoms with Crippen LogP contribution in [0.1, 0.15) is 77.6 Å². The molecule has 0 aromatic heterocycles. The molecule has 0 aliphatic carbocycles. The van der Waals surface area contributed by atoms with Crippen molar-refractivity contribution in [1.29, 1.82) is 0 Å². The van der Waals surface area contributed by atoms with Crippen molar-refractivity contribution >= 4 is 11.9 Å². The van der Waals surface area contributed by atoms with Crippen molar-refractivity contribution in [1.82, 2.24) is 5.32 Å². The van der Waals surface area contributed by atoms with Gasteiger partial charge in [0.2, 0.25) is 5.91 Å². The van der Waals surface area contributed by atoms with Crippen molar-refractivity contribution < 1.29 is 28.9 Å². The minimum Gasteiger partial charge on any atom is -0.480 e. The zero-order chi connectivity index (χ0) is 20.7. The molecule has 0 aliphatic heterocycles. The number of nitrogens with one attached hydrogen (secondary N) is 1. The first kappa shape index (κ1) is 26.8. The molecule has 0 aromatic rings. The first-order valence-electron chi connectivity index (χ1n) is 10.9. The monoisotopic (exact) mass is 403 g/mol. The number of carbonyl (C=O) groups excluding carboxylic acids is 1. The van der Waals surface area contributed by atoms with Gasteiger partial charge in [0.05, 0.1) is 19.8 Å². The summed E-state index contributed by atoms with van der Waals surface area (Å²) in [6.07, 6.45) is 14.6. The topological polar surface area (TPSA) is 94.1 Å². The molecular weight excluding hydrogens is 362 g/mol. The summed E-state index contributed by atoms with van der Waals surface area (Å²) in [5, 5.41) is 11.0. The Morgan fingerprint density at radius 1 is 0.679 bits per heavy atom. The number of carbonyl (C=O) groups is 2. The Morgan fingerprint density at radius 2 is 1.21 bits per heavy atom. The van der Waals surface area contributed by atoms with Crippen LogP contribution in [0.5, 0.6) is 0 Å². The molecule has 0 bridgehead atoms. The molecule has 0 unspecified atom stereocenters. The van der Waals surface area contributed by atoms with Gasteiger partial charge in [-0.25, -0.2) is 4.79 Å². The predicted molar refractivity (Wildman–Crippen MR) is 110 cm³/mol. The lowest BCUT2D eigenvalue weighted by Crippen LogP contribution is -2.31. The molecule has 166 valence electrons. The van der Waals surface area contributed by atoms with E-state index in [2.05, 4.69) is 17.0 Å². The summed E-state index contributed by atoms with van der Waals surface area (Å²) in [6, 6.07) is 0. The summed E-state index contributed by atoms with van der Waals surface area (Å²) < 4.78 is 15.6. The zero-order valence-corrected chi connectivity index (χ0v) is 17.7. The highest BCUT2D eigenvalue weighted by atomic mass is 16.5. The average Bonchev–Trinajstić information content (AvgIpc) is 2.66. The molecule has 0 aromatic carbocycles. The van der Waals surface area contributed by atoms with E-state index in [0.717, 1.165) is 13.0 Å². The van der Waals surface area contributed by atoms with Crippen LogP contribution in [-0.4, -0.2) is 63.2 Å². The van der Waals surface area contributed by atoms with E-state index in [9.17, 15) is 9.59 Å². The summed E-state index contributed by atoms with van der Waals surface area (Å²) in [7, 11) is 0. The third kappa shape index (κ3) is 22.9. The van der Waals surface area contributed by atoms with Crippen LogP contribution in [0.2, 0.25) is 0 Å². The van der Waals surface area contributed by atoms with Gasteiger partial charge in [-0.3, -0.25) is 4.79 Å². The number of hydrogen-bond donors (Lipinski definition) is 2. The minimum atomic E-state index is -1.09. The standard InChI is InChI=1S/C21H41NO6/c1-2-3-4-5-6-7-8-9-10-11-12-14-26-16-17-27-15-13-22-20(23)18-28-19-21(24)25/h2-19H2,1H3,(H,22,23)(H,24,25). The quantitative estimate of drug-likeness (QED) is 0.269. The van der Waals surface area contributed by atoms with Crippen molar-refractivity contribution in [2.24, 2.45) is 0 Å². The number of carboxylic acids is 1. The zero-order valence-electron chi connectivity index (χ0n) is 17.7. The molecule has 0 fully saturated rings. The first-order valence-corrected chi connectivity index (χ1v) is 10.9. The average molecular weight is 404 g/mol. The molecular formula is C21H41NO6. The number of hydrogen-bond acceptors (Lipinski definition) is 5. The van der Waals surface area contributed by atoms with Gasteiger partial charge < -0.3 is 24.6 Å². The second-order valence-electron chi connectivity index (χ2n) is 7.00. The summed E-state index contributed by atoms with van der Waals surface area (Å²) in [4.78, 5) is 21.5. The fourth-order valence-corrected chi connectivity index (χ4v) is 2.74. The van der Waals surface area contributed by atoms with Gasteiger partial charge in [-0.05, 0) is 6.42 Å². The van der Waals surface area contributed by atoms with Crippen LogP contribution in [0, 0.1) is 0 Å². The Bertz CT molecular complexity index is 365. The molecule has 0 rings (SSSR count). The van der Waals surface area contributed by atoms with Crippen molar-refractivity contribution in [2.45, 2.75) is 77.6 Å². The summed E-state index contributed by atoms with van der Waals surface area (Å²) in [6.45, 7) is 4.13. The van der Waals surface area contributed by atoms with E-state index in [1.807, 2.05) is 0 Å². The predicted octanol–water partition coefficient (Wildman–Crippen LogP) is 3.55. The summed E-state index contributed by atoms with van der Waals surface area (Å²) in [5.74, 6) is -1.44. The third-order valence-corrected chi connectivity index (χ3v) is 4.29. The molecule has 0 radical (unpaired) electrons. The van der Waals surface area contributed by atoms with Crippen LogP contribution in [-0.2, 0) is 23.8 Å². The number of carboxylic acid groups (broad SMARTS) is 1. The van der Waals surface area contributed by atoms with Crippen LogP contribution in [0.15, 0.2) is 0 Å². The second kappa shape index (κ2) is 22.1. The lowest BCUT2D eigenvalue weighted by atomic mass is 10.1. The van der Waals surface area contributed by atoms with Crippen molar-refractivity contribution in [2.75, 3.05) is 46.2 Å². The molecule has 28 heavy (non-hydrogen) atoms. The highest BCUT2D eigenvalue weighted by molar-refractivity contribution is 5.77. The van der Waals surface area contributed by atoms with E-state index in [1.165, 1.54) is 64.2 Å². The minimum absolute atomic E-state index is 0.256. The number of rotatable bonds is 22. The SMILES string of the molecule is CCCCCCCCCCCCCOCCOCCNC(=O)COCC(=O)O. The molecule has 0 saturated heterocycles. The molecule has 0 atom stereocenters. The Hall–Kier alpha value is -1.18. The van der Waals surface area contributed by atoms with E-state index >= 15 is 0 Å². The van der Waals surface area contributed by atoms with E-state index in [4.69, 9.17) is 14.6 Å². The number of ether oxygens (including phenoxy) is 3. The van der Waals surface area contributed by atoms with Gasteiger partial charge in [0.1, 0.15) is 13.2 Å². The molecule has 7 nitrogen and oxygen atoms in total. The number of amides is 1. The maximum Gasteiger partial charge on any atom is 0.329 e. The van der Waals surface area contributed by atoms with Crippen molar-refractivity contribution in [3.05, 3.63) is 0 Å². The summed E-state index contributed by atoms with van der Waals surface area (Å²) >= 11 is 0. The molecule has 1 amide bonds. The molecule has 0 saturated carbocycles. The molecule has 0 aliphatic rings. The van der Waals surface area contributed by atoms with Crippen LogP contribution < -0.4 is 5.32 Å². The first-order chi connectivity index (χ1) is 13.7. The van der Waals surface area contributed by atoms with Gasteiger partial charge in [0, 0.05) is 13.2 Å². The maximum absolute atomic E-state index is 11.3. The summed E-state index contributed by atoms with van der Waals surface area (Å²) in [5.41, 5.74) is 0. The smallest absolute Gasteiger partial charge is 0.329 e. The van der Waals surface area contributed by atoms with Crippen LogP contribution in [0.3, 0.4) is 0 Å². The third-order valence-electron chi connectivity index (χ3n) is 4.29. The van der Waals surface area contributed by atoms with Crippen LogP contribution >= 0.6 is 0 Å². The molecule has 0 heterocycles. The Balaban J connectivity index is 3.10. The maximum atomic E-state index is 11.3. The second-order valence-corrected chi connectivity index (χ2v) is 7.00. The molecule has 0 spiro atoms. The molecule has 7 heteroatoms. The lowest BCUT2D eigenvalue weighted by molar-refractivity contribution is -0.143. The van der Waals surface area contributed by atoms with Crippen LogP contribution in [0.25, 0.3) is 0 Å². The normalized spacial score (nSPS) is 10.9. The lowest BCUT2D eigenvalue weighted by Gasteiger charge is -2.07. The van der Waals surface area contributed by atoms with E-state index < -0.39 is 12.6 Å².